The Kier molecular flexibility index (Phi) is 4.67. The third kappa shape index (κ3) is 2.79. The first-order valence-electron chi connectivity index (χ1n) is 6.06. The minimum Gasteiger partial charge on any atom is -0.308 e. The maximum Gasteiger partial charge on any atom is 0.110 e. The third-order valence-electron chi connectivity index (χ3n) is 2.97. The van der Waals surface area contributed by atoms with Crippen molar-refractivity contribution in [3.8, 4) is 0 Å². The van der Waals surface area contributed by atoms with E-state index in [0.717, 1.165) is 6.54 Å². The molecule has 1 aromatic rings. The van der Waals surface area contributed by atoms with Gasteiger partial charge in [0, 0.05) is 4.88 Å². The van der Waals surface area contributed by atoms with E-state index in [1.54, 1.807) is 4.88 Å². The fourth-order valence-corrected chi connectivity index (χ4v) is 3.89. The molecule has 0 saturated heterocycles. The zero-order chi connectivity index (χ0) is 11.4. The molecule has 0 aromatic carbocycles. The van der Waals surface area contributed by atoms with Gasteiger partial charge in [-0.25, -0.2) is 4.98 Å². The Labute approximate surface area is 106 Å². The summed E-state index contributed by atoms with van der Waals surface area (Å²) in [6, 6.07) is 0.480. The monoisotopic (exact) mass is 256 g/mol. The van der Waals surface area contributed by atoms with Crippen LogP contribution in [0.2, 0.25) is 0 Å². The molecule has 1 unspecified atom stereocenters. The van der Waals surface area contributed by atoms with Gasteiger partial charge in [-0.3, -0.25) is 0 Å². The number of thiazole rings is 1. The van der Waals surface area contributed by atoms with Crippen molar-refractivity contribution < 1.29 is 0 Å². The van der Waals surface area contributed by atoms with E-state index >= 15 is 0 Å². The number of fused-ring (bicyclic) bond motifs is 1. The average Bonchev–Trinajstić information content (AvgIpc) is 2.84. The summed E-state index contributed by atoms with van der Waals surface area (Å²) < 4.78 is 0. The lowest BCUT2D eigenvalue weighted by Crippen LogP contribution is -2.21. The van der Waals surface area contributed by atoms with Gasteiger partial charge >= 0.3 is 0 Å². The van der Waals surface area contributed by atoms with Crippen molar-refractivity contribution >= 4 is 23.1 Å². The molecular weight excluding hydrogens is 236 g/mol. The van der Waals surface area contributed by atoms with E-state index in [1.165, 1.54) is 42.1 Å². The smallest absolute Gasteiger partial charge is 0.110 e. The highest BCUT2D eigenvalue weighted by molar-refractivity contribution is 7.98. The van der Waals surface area contributed by atoms with Crippen LogP contribution in [0.25, 0.3) is 0 Å². The van der Waals surface area contributed by atoms with Gasteiger partial charge in [-0.15, -0.1) is 11.3 Å². The Balaban J connectivity index is 2.05. The second kappa shape index (κ2) is 6.03. The summed E-state index contributed by atoms with van der Waals surface area (Å²) in [5, 5.41) is 4.88. The second-order valence-electron chi connectivity index (χ2n) is 4.17. The predicted molar refractivity (Wildman–Crippen MR) is 73.6 cm³/mol. The molecule has 1 aliphatic carbocycles. The number of thioether (sulfide) groups is 1. The highest BCUT2D eigenvalue weighted by atomic mass is 32.2. The zero-order valence-corrected chi connectivity index (χ0v) is 11.7. The predicted octanol–water partition coefficient (Wildman–Crippen LogP) is 3.04. The summed E-state index contributed by atoms with van der Waals surface area (Å²) in [5.74, 6) is 1.21. The number of nitrogens with one attached hydrogen (secondary N) is 1. The van der Waals surface area contributed by atoms with Crippen molar-refractivity contribution in [3.63, 3.8) is 0 Å². The first-order chi connectivity index (χ1) is 7.85. The van der Waals surface area contributed by atoms with Crippen molar-refractivity contribution in [2.45, 2.75) is 38.6 Å². The molecule has 0 spiro atoms. The molecular formula is C12H20N2S2. The summed E-state index contributed by atoms with van der Waals surface area (Å²) in [5.41, 5.74) is 1.38. The lowest BCUT2D eigenvalue weighted by molar-refractivity contribution is 0.537. The molecule has 90 valence electrons. The number of hydrogen-bond acceptors (Lipinski definition) is 4. The van der Waals surface area contributed by atoms with Gasteiger partial charge in [-0.05, 0) is 44.2 Å². The molecule has 0 bridgehead atoms. The minimum absolute atomic E-state index is 0.480. The van der Waals surface area contributed by atoms with Crippen LogP contribution >= 0.6 is 23.1 Å². The van der Waals surface area contributed by atoms with E-state index in [2.05, 4.69) is 18.5 Å². The fraction of sp³-hybridized carbons (Fsp3) is 0.750. The Hall–Kier alpha value is -0.0600. The van der Waals surface area contributed by atoms with Crippen LogP contribution in [-0.2, 0) is 12.8 Å². The Bertz CT molecular complexity index is 314. The van der Waals surface area contributed by atoms with E-state index in [9.17, 15) is 0 Å². The summed E-state index contributed by atoms with van der Waals surface area (Å²) in [6.45, 7) is 3.21. The molecule has 1 aromatic heterocycles. The number of aromatic nitrogens is 1. The lowest BCUT2D eigenvalue weighted by Gasteiger charge is -2.14. The summed E-state index contributed by atoms with van der Waals surface area (Å²) in [6.07, 6.45) is 7.14. The van der Waals surface area contributed by atoms with Crippen LogP contribution in [0.15, 0.2) is 0 Å². The minimum atomic E-state index is 0.480. The van der Waals surface area contributed by atoms with Gasteiger partial charge in [-0.1, -0.05) is 6.92 Å². The van der Waals surface area contributed by atoms with Gasteiger partial charge in [0.25, 0.3) is 0 Å². The maximum atomic E-state index is 4.81. The van der Waals surface area contributed by atoms with Crippen molar-refractivity contribution in [2.24, 2.45) is 0 Å². The number of rotatable bonds is 6. The van der Waals surface area contributed by atoms with Crippen molar-refractivity contribution in [1.29, 1.82) is 0 Å². The molecule has 0 saturated carbocycles. The molecule has 2 rings (SSSR count). The van der Waals surface area contributed by atoms with Gasteiger partial charge in [-0.2, -0.15) is 11.8 Å². The highest BCUT2D eigenvalue weighted by Gasteiger charge is 2.21. The molecule has 0 fully saturated rings. The lowest BCUT2D eigenvalue weighted by atomic mass is 10.2. The van der Waals surface area contributed by atoms with E-state index in [0.29, 0.717) is 6.04 Å². The molecule has 1 aliphatic rings. The van der Waals surface area contributed by atoms with Crippen LogP contribution in [0, 0.1) is 0 Å². The highest BCUT2D eigenvalue weighted by Crippen LogP contribution is 2.31. The van der Waals surface area contributed by atoms with Crippen molar-refractivity contribution in [3.05, 3.63) is 15.6 Å². The largest absolute Gasteiger partial charge is 0.308 e. The molecule has 2 nitrogen and oxygen atoms in total. The van der Waals surface area contributed by atoms with Gasteiger partial charge < -0.3 is 5.32 Å². The number of aryl methyl sites for hydroxylation is 2. The molecule has 1 atom stereocenters. The zero-order valence-electron chi connectivity index (χ0n) is 10.1. The SMILES string of the molecule is CCNC(CCSC)c1nc2c(s1)CCC2. The Morgan fingerprint density at radius 3 is 3.06 bits per heavy atom. The van der Waals surface area contributed by atoms with Crippen LogP contribution in [0.4, 0.5) is 0 Å². The van der Waals surface area contributed by atoms with Crippen LogP contribution in [0.3, 0.4) is 0 Å². The molecule has 4 heteroatoms. The quantitative estimate of drug-likeness (QED) is 0.847. The van der Waals surface area contributed by atoms with Crippen molar-refractivity contribution in [1.82, 2.24) is 10.3 Å². The summed E-state index contributed by atoms with van der Waals surface area (Å²) in [7, 11) is 0. The van der Waals surface area contributed by atoms with E-state index < -0.39 is 0 Å². The topological polar surface area (TPSA) is 24.9 Å². The number of hydrogen-bond donors (Lipinski definition) is 1. The van der Waals surface area contributed by atoms with E-state index in [4.69, 9.17) is 4.98 Å². The van der Waals surface area contributed by atoms with Crippen LogP contribution < -0.4 is 5.32 Å². The molecule has 1 N–H and O–H groups in total. The Morgan fingerprint density at radius 1 is 1.50 bits per heavy atom. The van der Waals surface area contributed by atoms with Gasteiger partial charge in [0.05, 0.1) is 11.7 Å². The fourth-order valence-electron chi connectivity index (χ4n) is 2.15. The first kappa shape index (κ1) is 12.4. The van der Waals surface area contributed by atoms with Gasteiger partial charge in [0.2, 0.25) is 0 Å². The molecule has 0 amide bonds. The van der Waals surface area contributed by atoms with Gasteiger partial charge in [0.15, 0.2) is 0 Å². The summed E-state index contributed by atoms with van der Waals surface area (Å²) in [4.78, 5) is 6.35. The molecule has 0 aliphatic heterocycles. The first-order valence-corrected chi connectivity index (χ1v) is 8.27. The number of nitrogens with zero attached hydrogens (tertiary/aromatic N) is 1. The second-order valence-corrected chi connectivity index (χ2v) is 6.27. The molecule has 1 heterocycles. The normalized spacial score (nSPS) is 16.4. The van der Waals surface area contributed by atoms with E-state index in [-0.39, 0.29) is 0 Å². The standard InChI is InChI=1S/C12H20N2S2/c1-3-13-10(7-8-15-2)12-14-9-5-4-6-11(9)16-12/h10,13H,3-8H2,1-2H3. The average molecular weight is 256 g/mol. The van der Waals surface area contributed by atoms with Crippen LogP contribution in [0.5, 0.6) is 0 Å². The third-order valence-corrected chi connectivity index (χ3v) is 4.89. The van der Waals surface area contributed by atoms with Crippen molar-refractivity contribution in [2.75, 3.05) is 18.6 Å². The van der Waals surface area contributed by atoms with Crippen LogP contribution in [-0.4, -0.2) is 23.5 Å². The molecule has 16 heavy (non-hydrogen) atoms. The van der Waals surface area contributed by atoms with Gasteiger partial charge in [0.1, 0.15) is 5.01 Å². The van der Waals surface area contributed by atoms with E-state index in [1.807, 2.05) is 23.1 Å². The molecule has 0 radical (unpaired) electrons. The maximum absolute atomic E-state index is 4.81. The Morgan fingerprint density at radius 2 is 2.38 bits per heavy atom. The van der Waals surface area contributed by atoms with Crippen LogP contribution in [0.1, 0.15) is 41.4 Å². The summed E-state index contributed by atoms with van der Waals surface area (Å²) >= 11 is 3.86.